The van der Waals surface area contributed by atoms with Crippen molar-refractivity contribution in [2.24, 2.45) is 5.73 Å². The van der Waals surface area contributed by atoms with Crippen LogP contribution in [0.4, 0.5) is 0 Å². The highest BCUT2D eigenvalue weighted by Crippen LogP contribution is 2.06. The Morgan fingerprint density at radius 2 is 2.00 bits per heavy atom. The van der Waals surface area contributed by atoms with Gasteiger partial charge in [-0.1, -0.05) is 0 Å². The molecule has 0 saturated carbocycles. The predicted octanol–water partition coefficient (Wildman–Crippen LogP) is 0.139. The fourth-order valence-corrected chi connectivity index (χ4v) is 0.801. The Morgan fingerprint density at radius 3 is 2.54 bits per heavy atom. The normalized spacial score (nSPS) is 15.7. The number of methoxy groups -OCH3 is 1. The van der Waals surface area contributed by atoms with E-state index in [2.05, 4.69) is 0 Å². The highest BCUT2D eigenvalue weighted by atomic mass is 16.5. The minimum Gasteiger partial charge on any atom is -0.389 e. The van der Waals surface area contributed by atoms with Gasteiger partial charge in [-0.05, 0) is 13.3 Å². The monoisotopic (exact) mass is 191 g/mol. The Hall–Kier alpha value is -0.160. The van der Waals surface area contributed by atoms with Crippen LogP contribution in [0.2, 0.25) is 0 Å². The molecule has 1 unspecified atom stereocenters. The van der Waals surface area contributed by atoms with Crippen molar-refractivity contribution in [3.63, 3.8) is 0 Å². The van der Waals surface area contributed by atoms with E-state index < -0.39 is 5.60 Å². The van der Waals surface area contributed by atoms with Gasteiger partial charge in [0.15, 0.2) is 0 Å². The molecular weight excluding hydrogens is 170 g/mol. The molecule has 0 spiro atoms. The second-order valence-electron chi connectivity index (χ2n) is 3.41. The maximum Gasteiger partial charge on any atom is 0.0763 e. The van der Waals surface area contributed by atoms with E-state index in [0.717, 1.165) is 6.42 Å². The van der Waals surface area contributed by atoms with Gasteiger partial charge in [0.25, 0.3) is 0 Å². The third-order valence-electron chi connectivity index (χ3n) is 1.86. The summed E-state index contributed by atoms with van der Waals surface area (Å²) in [5.41, 5.74) is 4.55. The lowest BCUT2D eigenvalue weighted by molar-refractivity contribution is 0.0173. The number of hydrogen-bond acceptors (Lipinski definition) is 4. The summed E-state index contributed by atoms with van der Waals surface area (Å²) in [6.45, 7) is 3.93. The van der Waals surface area contributed by atoms with Gasteiger partial charge in [-0.15, -0.1) is 0 Å². The molecule has 4 heteroatoms. The van der Waals surface area contributed by atoms with Crippen molar-refractivity contribution >= 4 is 0 Å². The lowest BCUT2D eigenvalue weighted by Gasteiger charge is -2.20. The fraction of sp³-hybridized carbons (Fsp3) is 1.00. The second-order valence-corrected chi connectivity index (χ2v) is 3.41. The van der Waals surface area contributed by atoms with Crippen LogP contribution in [-0.4, -0.2) is 44.2 Å². The van der Waals surface area contributed by atoms with E-state index in [-0.39, 0.29) is 6.54 Å². The van der Waals surface area contributed by atoms with Crippen LogP contribution in [0, 0.1) is 0 Å². The van der Waals surface area contributed by atoms with E-state index in [1.165, 1.54) is 0 Å². The third kappa shape index (κ3) is 8.18. The summed E-state index contributed by atoms with van der Waals surface area (Å²) in [5.74, 6) is 0. The summed E-state index contributed by atoms with van der Waals surface area (Å²) in [6.07, 6.45) is 1.47. The molecular formula is C9H21NO3. The molecule has 0 radical (unpaired) electrons. The first-order chi connectivity index (χ1) is 6.12. The topological polar surface area (TPSA) is 64.7 Å². The molecule has 0 aromatic carbocycles. The van der Waals surface area contributed by atoms with E-state index in [1.54, 1.807) is 14.0 Å². The minimum atomic E-state index is -0.790. The molecule has 0 aliphatic rings. The Balaban J connectivity index is 3.16. The predicted molar refractivity (Wildman–Crippen MR) is 51.6 cm³/mol. The molecule has 0 rings (SSSR count). The zero-order valence-electron chi connectivity index (χ0n) is 8.58. The van der Waals surface area contributed by atoms with Gasteiger partial charge in [0.1, 0.15) is 0 Å². The molecule has 0 aromatic rings. The Kier molecular flexibility index (Phi) is 7.17. The van der Waals surface area contributed by atoms with Gasteiger partial charge in [0, 0.05) is 39.9 Å². The summed E-state index contributed by atoms with van der Waals surface area (Å²) in [6, 6.07) is 0. The van der Waals surface area contributed by atoms with Crippen LogP contribution in [0.1, 0.15) is 19.8 Å². The molecule has 0 heterocycles. The summed E-state index contributed by atoms with van der Waals surface area (Å²) in [5, 5.41) is 9.50. The van der Waals surface area contributed by atoms with Gasteiger partial charge in [-0.25, -0.2) is 0 Å². The van der Waals surface area contributed by atoms with E-state index in [9.17, 15) is 5.11 Å². The Morgan fingerprint density at radius 1 is 1.31 bits per heavy atom. The van der Waals surface area contributed by atoms with Gasteiger partial charge in [0.05, 0.1) is 5.60 Å². The maximum absolute atomic E-state index is 9.50. The van der Waals surface area contributed by atoms with Crippen molar-refractivity contribution in [2.75, 3.05) is 33.5 Å². The molecule has 0 aliphatic heterocycles. The zero-order valence-corrected chi connectivity index (χ0v) is 8.58. The molecule has 0 fully saturated rings. The van der Waals surface area contributed by atoms with Crippen LogP contribution in [0.25, 0.3) is 0 Å². The van der Waals surface area contributed by atoms with E-state index in [4.69, 9.17) is 15.2 Å². The van der Waals surface area contributed by atoms with Crippen molar-refractivity contribution in [2.45, 2.75) is 25.4 Å². The zero-order chi connectivity index (χ0) is 10.2. The van der Waals surface area contributed by atoms with Crippen LogP contribution in [0.3, 0.4) is 0 Å². The molecule has 0 aromatic heterocycles. The summed E-state index contributed by atoms with van der Waals surface area (Å²) in [4.78, 5) is 0. The highest BCUT2D eigenvalue weighted by molar-refractivity contribution is 4.72. The molecule has 13 heavy (non-hydrogen) atoms. The standard InChI is InChI=1S/C9H21NO3/c1-9(11,8-10)4-7-13-6-3-5-12-2/h11H,3-8,10H2,1-2H3. The second kappa shape index (κ2) is 7.26. The molecule has 80 valence electrons. The van der Waals surface area contributed by atoms with Gasteiger partial charge >= 0.3 is 0 Å². The molecule has 0 amide bonds. The fourth-order valence-electron chi connectivity index (χ4n) is 0.801. The van der Waals surface area contributed by atoms with Gasteiger partial charge < -0.3 is 20.3 Å². The van der Waals surface area contributed by atoms with Gasteiger partial charge in [-0.2, -0.15) is 0 Å². The first-order valence-electron chi connectivity index (χ1n) is 4.61. The van der Waals surface area contributed by atoms with Crippen LogP contribution in [0.5, 0.6) is 0 Å². The van der Waals surface area contributed by atoms with Gasteiger partial charge in [-0.3, -0.25) is 0 Å². The SMILES string of the molecule is COCCCOCCC(C)(O)CN. The largest absolute Gasteiger partial charge is 0.389 e. The minimum absolute atomic E-state index is 0.272. The van der Waals surface area contributed by atoms with Crippen molar-refractivity contribution < 1.29 is 14.6 Å². The summed E-state index contributed by atoms with van der Waals surface area (Å²) >= 11 is 0. The third-order valence-corrected chi connectivity index (χ3v) is 1.86. The van der Waals surface area contributed by atoms with E-state index in [1.807, 2.05) is 0 Å². The average molecular weight is 191 g/mol. The maximum atomic E-state index is 9.50. The number of hydrogen-bond donors (Lipinski definition) is 2. The number of ether oxygens (including phenoxy) is 2. The van der Waals surface area contributed by atoms with Crippen molar-refractivity contribution in [3.05, 3.63) is 0 Å². The number of nitrogens with two attached hydrogens (primary N) is 1. The van der Waals surface area contributed by atoms with E-state index in [0.29, 0.717) is 26.2 Å². The van der Waals surface area contributed by atoms with Crippen LogP contribution >= 0.6 is 0 Å². The molecule has 0 aliphatic carbocycles. The average Bonchev–Trinajstić information content (AvgIpc) is 2.11. The summed E-state index contributed by atoms with van der Waals surface area (Å²) in [7, 11) is 1.67. The highest BCUT2D eigenvalue weighted by Gasteiger charge is 2.16. The summed E-state index contributed by atoms with van der Waals surface area (Å²) < 4.78 is 10.1. The first-order valence-corrected chi connectivity index (χ1v) is 4.61. The Labute approximate surface area is 80.0 Å². The number of rotatable bonds is 8. The first kappa shape index (κ1) is 12.8. The molecule has 4 nitrogen and oxygen atoms in total. The smallest absolute Gasteiger partial charge is 0.0763 e. The van der Waals surface area contributed by atoms with Gasteiger partial charge in [0.2, 0.25) is 0 Å². The quantitative estimate of drug-likeness (QED) is 0.536. The van der Waals surface area contributed by atoms with E-state index >= 15 is 0 Å². The van der Waals surface area contributed by atoms with Crippen molar-refractivity contribution in [1.29, 1.82) is 0 Å². The lowest BCUT2D eigenvalue weighted by Crippen LogP contribution is -2.35. The van der Waals surface area contributed by atoms with Crippen molar-refractivity contribution in [3.8, 4) is 0 Å². The molecule has 1 atom stereocenters. The lowest BCUT2D eigenvalue weighted by atomic mass is 10.0. The molecule has 0 bridgehead atoms. The van der Waals surface area contributed by atoms with Crippen LogP contribution in [-0.2, 0) is 9.47 Å². The molecule has 0 saturated heterocycles. The molecule has 3 N–H and O–H groups in total. The van der Waals surface area contributed by atoms with Crippen LogP contribution in [0.15, 0.2) is 0 Å². The van der Waals surface area contributed by atoms with Crippen LogP contribution < -0.4 is 5.73 Å². The Bertz CT molecular complexity index is 117. The number of aliphatic hydroxyl groups is 1. The van der Waals surface area contributed by atoms with Crippen molar-refractivity contribution in [1.82, 2.24) is 0 Å².